The van der Waals surface area contributed by atoms with Gasteiger partial charge in [-0.05, 0) is 38.4 Å². The van der Waals surface area contributed by atoms with Crippen molar-refractivity contribution in [3.05, 3.63) is 23.9 Å². The summed E-state index contributed by atoms with van der Waals surface area (Å²) in [5.41, 5.74) is 2.32. The molecular formula is C23H32N6O3. The molecule has 1 unspecified atom stereocenters. The van der Waals surface area contributed by atoms with Gasteiger partial charge in [0.05, 0.1) is 28.4 Å². The highest BCUT2D eigenvalue weighted by Crippen LogP contribution is 2.35. The summed E-state index contributed by atoms with van der Waals surface area (Å²) < 4.78 is 1.87. The molecule has 1 aromatic heterocycles. The topological polar surface area (TPSA) is 103 Å². The molecule has 3 fully saturated rings. The number of carbonyl (C=O) groups excluding carboxylic acids is 2. The van der Waals surface area contributed by atoms with E-state index in [1.54, 1.807) is 0 Å². The number of hydrogen-bond donors (Lipinski definition) is 3. The first kappa shape index (κ1) is 21.4. The largest absolute Gasteiger partial charge is 0.388 e. The number of benzene rings is 1. The predicted molar refractivity (Wildman–Crippen MR) is 122 cm³/mol. The lowest BCUT2D eigenvalue weighted by atomic mass is 9.91. The molecule has 0 bridgehead atoms. The van der Waals surface area contributed by atoms with Crippen molar-refractivity contribution in [3.8, 4) is 0 Å². The maximum absolute atomic E-state index is 12.4. The molecule has 1 atom stereocenters. The molecule has 4 heterocycles. The summed E-state index contributed by atoms with van der Waals surface area (Å²) >= 11 is 0. The van der Waals surface area contributed by atoms with E-state index in [0.717, 1.165) is 80.9 Å². The smallest absolute Gasteiger partial charge is 0.235 e. The minimum Gasteiger partial charge on any atom is -0.388 e. The van der Waals surface area contributed by atoms with Crippen LogP contribution < -0.4 is 15.5 Å². The number of anilines is 1. The number of para-hydroxylation sites is 1. The van der Waals surface area contributed by atoms with Crippen LogP contribution in [0.4, 0.5) is 5.69 Å². The zero-order valence-electron chi connectivity index (χ0n) is 18.6. The zero-order valence-corrected chi connectivity index (χ0v) is 18.6. The second-order valence-corrected chi connectivity index (χ2v) is 9.42. The van der Waals surface area contributed by atoms with Crippen molar-refractivity contribution in [3.63, 3.8) is 0 Å². The first-order valence-electron chi connectivity index (χ1n) is 11.6. The maximum atomic E-state index is 12.4. The zero-order chi connectivity index (χ0) is 22.3. The number of amides is 2. The monoisotopic (exact) mass is 440 g/mol. The summed E-state index contributed by atoms with van der Waals surface area (Å²) in [6.07, 6.45) is 2.46. The van der Waals surface area contributed by atoms with E-state index in [1.807, 2.05) is 23.9 Å². The molecule has 3 saturated heterocycles. The van der Waals surface area contributed by atoms with Crippen molar-refractivity contribution >= 4 is 28.4 Å². The van der Waals surface area contributed by atoms with Gasteiger partial charge < -0.3 is 15.3 Å². The highest BCUT2D eigenvalue weighted by atomic mass is 16.3. The van der Waals surface area contributed by atoms with Crippen molar-refractivity contribution in [2.75, 3.05) is 50.7 Å². The number of aryl methyl sites for hydroxylation is 1. The van der Waals surface area contributed by atoms with E-state index < -0.39 is 11.5 Å². The first-order chi connectivity index (χ1) is 15.4. The average molecular weight is 441 g/mol. The van der Waals surface area contributed by atoms with Gasteiger partial charge in [-0.1, -0.05) is 12.1 Å². The fourth-order valence-electron chi connectivity index (χ4n) is 5.42. The molecule has 0 spiro atoms. The highest BCUT2D eigenvalue weighted by Gasteiger charge is 2.34. The van der Waals surface area contributed by atoms with Gasteiger partial charge in [0.25, 0.3) is 0 Å². The minimum absolute atomic E-state index is 0.209. The Morgan fingerprint density at radius 1 is 1.16 bits per heavy atom. The Kier molecular flexibility index (Phi) is 5.65. The van der Waals surface area contributed by atoms with Gasteiger partial charge in [-0.25, -0.2) is 0 Å². The summed E-state index contributed by atoms with van der Waals surface area (Å²) in [6.45, 7) is 6.08. The number of piperazine rings is 1. The fourth-order valence-corrected chi connectivity index (χ4v) is 5.42. The van der Waals surface area contributed by atoms with Gasteiger partial charge in [0.2, 0.25) is 11.8 Å². The molecule has 9 heteroatoms. The van der Waals surface area contributed by atoms with Crippen LogP contribution in [0.2, 0.25) is 0 Å². The van der Waals surface area contributed by atoms with Crippen molar-refractivity contribution in [1.82, 2.24) is 25.3 Å². The molecule has 0 radical (unpaired) electrons. The maximum Gasteiger partial charge on any atom is 0.235 e. The lowest BCUT2D eigenvalue weighted by Crippen LogP contribution is -2.54. The molecule has 5 rings (SSSR count). The summed E-state index contributed by atoms with van der Waals surface area (Å²) in [7, 11) is 1.92. The van der Waals surface area contributed by atoms with Crippen LogP contribution in [0.15, 0.2) is 18.2 Å². The lowest BCUT2D eigenvalue weighted by Gasteiger charge is -2.41. The van der Waals surface area contributed by atoms with Gasteiger partial charge in [0, 0.05) is 51.6 Å². The normalized spacial score (nSPS) is 24.7. The van der Waals surface area contributed by atoms with Gasteiger partial charge in [0.15, 0.2) is 0 Å². The molecular weight excluding hydrogens is 408 g/mol. The number of imide groups is 1. The second-order valence-electron chi connectivity index (χ2n) is 9.42. The van der Waals surface area contributed by atoms with E-state index >= 15 is 0 Å². The van der Waals surface area contributed by atoms with E-state index in [0.29, 0.717) is 12.8 Å². The molecule has 2 aromatic rings. The third kappa shape index (κ3) is 4.00. The van der Waals surface area contributed by atoms with Crippen LogP contribution in [0.5, 0.6) is 0 Å². The second kappa shape index (κ2) is 8.46. The van der Waals surface area contributed by atoms with Crippen LogP contribution in [0.25, 0.3) is 10.9 Å². The Labute approximate surface area is 187 Å². The Bertz CT molecular complexity index is 1020. The average Bonchev–Trinajstić information content (AvgIpc) is 3.11. The van der Waals surface area contributed by atoms with Gasteiger partial charge in [-0.3, -0.25) is 24.5 Å². The molecule has 9 nitrogen and oxygen atoms in total. The number of hydrogen-bond acceptors (Lipinski definition) is 7. The van der Waals surface area contributed by atoms with Gasteiger partial charge in [0.1, 0.15) is 0 Å². The molecule has 3 aliphatic rings. The van der Waals surface area contributed by atoms with Crippen LogP contribution in [0.1, 0.15) is 37.3 Å². The van der Waals surface area contributed by atoms with Gasteiger partial charge in [-0.2, -0.15) is 5.10 Å². The minimum atomic E-state index is -0.577. The Hall–Kier alpha value is -2.49. The quantitative estimate of drug-likeness (QED) is 0.589. The van der Waals surface area contributed by atoms with Crippen LogP contribution in [0, 0.1) is 0 Å². The van der Waals surface area contributed by atoms with Crippen molar-refractivity contribution < 1.29 is 14.7 Å². The Balaban J connectivity index is 1.34. The number of nitrogens with zero attached hydrogens (tertiary/aromatic N) is 4. The van der Waals surface area contributed by atoms with Crippen molar-refractivity contribution in [1.29, 1.82) is 0 Å². The number of carbonyl (C=O) groups is 2. The highest BCUT2D eigenvalue weighted by molar-refractivity contribution is 6.03. The molecule has 32 heavy (non-hydrogen) atoms. The molecule has 2 amide bonds. The summed E-state index contributed by atoms with van der Waals surface area (Å²) in [5.74, 6) is -0.857. The number of fused-ring (bicyclic) bond motifs is 1. The molecule has 0 aliphatic carbocycles. The molecule has 172 valence electrons. The van der Waals surface area contributed by atoms with Crippen LogP contribution >= 0.6 is 0 Å². The predicted octanol–water partition coefficient (Wildman–Crippen LogP) is 0.330. The number of rotatable bonds is 4. The van der Waals surface area contributed by atoms with Gasteiger partial charge in [-0.15, -0.1) is 0 Å². The standard InChI is InChI=1S/C23H32N6O3/c1-27-21-16(20(26-27)17-5-6-19(30)25-22(17)31)3-2-4-18(21)29-13-11-28(12-14-29)15-23(32)7-9-24-10-8-23/h2-4,17,24,32H,5-15H2,1H3,(H,25,30,31). The summed E-state index contributed by atoms with van der Waals surface area (Å²) in [6, 6.07) is 6.17. The van der Waals surface area contributed by atoms with Crippen LogP contribution in [-0.4, -0.2) is 83.0 Å². The third-order valence-corrected chi connectivity index (χ3v) is 7.21. The number of aliphatic hydroxyl groups is 1. The van der Waals surface area contributed by atoms with Crippen molar-refractivity contribution in [2.45, 2.75) is 37.2 Å². The number of β-amino-alcohol motifs (C(OH)–C–C–N with tert-alkyl or cyclic N) is 1. The number of nitrogens with one attached hydrogen (secondary N) is 2. The molecule has 1 aromatic carbocycles. The number of aromatic nitrogens is 2. The van der Waals surface area contributed by atoms with E-state index in [2.05, 4.69) is 26.5 Å². The van der Waals surface area contributed by atoms with Gasteiger partial charge >= 0.3 is 0 Å². The van der Waals surface area contributed by atoms with Crippen LogP contribution in [-0.2, 0) is 16.6 Å². The number of piperidine rings is 2. The molecule has 0 saturated carbocycles. The first-order valence-corrected chi connectivity index (χ1v) is 11.6. The summed E-state index contributed by atoms with van der Waals surface area (Å²) in [4.78, 5) is 28.8. The fraction of sp³-hybridized carbons (Fsp3) is 0.609. The van der Waals surface area contributed by atoms with Crippen molar-refractivity contribution in [2.24, 2.45) is 7.05 Å². The Morgan fingerprint density at radius 3 is 2.62 bits per heavy atom. The van der Waals surface area contributed by atoms with E-state index in [9.17, 15) is 14.7 Å². The van der Waals surface area contributed by atoms with E-state index in [4.69, 9.17) is 5.10 Å². The molecule has 3 aliphatic heterocycles. The Morgan fingerprint density at radius 2 is 1.91 bits per heavy atom. The lowest BCUT2D eigenvalue weighted by molar-refractivity contribution is -0.134. The third-order valence-electron chi connectivity index (χ3n) is 7.21. The van der Waals surface area contributed by atoms with E-state index in [1.165, 1.54) is 0 Å². The summed E-state index contributed by atoms with van der Waals surface area (Å²) in [5, 5.41) is 22.4. The SMILES string of the molecule is Cn1nc(C2CCC(=O)NC2=O)c2cccc(N3CCN(CC4(O)CCNCC4)CC3)c21. The van der Waals surface area contributed by atoms with Crippen LogP contribution in [0.3, 0.4) is 0 Å². The molecule has 3 N–H and O–H groups in total. The van der Waals surface area contributed by atoms with E-state index in [-0.39, 0.29) is 11.8 Å².